The van der Waals surface area contributed by atoms with Gasteiger partial charge < -0.3 is 15.2 Å². The van der Waals surface area contributed by atoms with Crippen molar-refractivity contribution in [2.24, 2.45) is 5.92 Å². The van der Waals surface area contributed by atoms with Crippen LogP contribution in [0.25, 0.3) is 0 Å². The van der Waals surface area contributed by atoms with Gasteiger partial charge in [-0.1, -0.05) is 19.3 Å². The Hall–Kier alpha value is -1.08. The number of carboxylic acids is 1. The molecule has 2 rings (SSSR count). The highest BCUT2D eigenvalue weighted by molar-refractivity contribution is 9.11. The van der Waals surface area contributed by atoms with Crippen LogP contribution >= 0.6 is 27.3 Å². The smallest absolute Gasteiger partial charge is 0.308 e. The number of carbonyl (C=O) groups excluding carboxylic acids is 1. The highest BCUT2D eigenvalue weighted by Crippen LogP contribution is 2.34. The predicted molar refractivity (Wildman–Crippen MR) is 84.0 cm³/mol. The van der Waals surface area contributed by atoms with Gasteiger partial charge >= 0.3 is 5.97 Å². The van der Waals surface area contributed by atoms with E-state index in [2.05, 4.69) is 21.2 Å². The summed E-state index contributed by atoms with van der Waals surface area (Å²) in [5.74, 6) is -0.947. The normalized spacial score (nSPS) is 22.4. The minimum atomic E-state index is -0.827. The number of methoxy groups -OCH3 is 1. The molecule has 5 nitrogen and oxygen atoms in total. The standard InChI is InChI=1S/C14H18BrNO4S/c1-20-10-7-11(21-12(10)15)13(17)16-9-6-4-2-3-5-8(9)14(18)19/h7-9H,2-6H2,1H3,(H,16,17)(H,18,19)/t8-,9+/m1/s1. The van der Waals surface area contributed by atoms with Gasteiger partial charge in [-0.25, -0.2) is 0 Å². The van der Waals surface area contributed by atoms with Gasteiger partial charge in [0.2, 0.25) is 0 Å². The van der Waals surface area contributed by atoms with Gasteiger partial charge in [0.25, 0.3) is 5.91 Å². The molecule has 0 bridgehead atoms. The molecule has 0 aliphatic heterocycles. The van der Waals surface area contributed by atoms with E-state index in [9.17, 15) is 14.7 Å². The molecule has 0 radical (unpaired) electrons. The van der Waals surface area contributed by atoms with Crippen molar-refractivity contribution < 1.29 is 19.4 Å². The average molecular weight is 376 g/mol. The van der Waals surface area contributed by atoms with Crippen LogP contribution < -0.4 is 10.1 Å². The third-order valence-electron chi connectivity index (χ3n) is 3.75. The van der Waals surface area contributed by atoms with E-state index in [0.717, 1.165) is 23.0 Å². The summed E-state index contributed by atoms with van der Waals surface area (Å²) in [6.45, 7) is 0. The van der Waals surface area contributed by atoms with Crippen LogP contribution in [0.1, 0.15) is 41.8 Å². The SMILES string of the molecule is COc1cc(C(=O)N[C@H]2CCCCC[C@H]2C(=O)O)sc1Br. The van der Waals surface area contributed by atoms with Gasteiger partial charge in [0, 0.05) is 12.1 Å². The topological polar surface area (TPSA) is 75.6 Å². The Morgan fingerprint density at radius 1 is 1.38 bits per heavy atom. The third-order valence-corrected chi connectivity index (χ3v) is 5.53. The molecule has 0 saturated heterocycles. The van der Waals surface area contributed by atoms with E-state index in [1.807, 2.05) is 0 Å². The lowest BCUT2D eigenvalue weighted by Crippen LogP contribution is -2.42. The second-order valence-electron chi connectivity index (χ2n) is 5.12. The molecule has 116 valence electrons. The summed E-state index contributed by atoms with van der Waals surface area (Å²) < 4.78 is 5.89. The Bertz CT molecular complexity index is 531. The van der Waals surface area contributed by atoms with Gasteiger partial charge in [-0.2, -0.15) is 0 Å². The lowest BCUT2D eigenvalue weighted by molar-refractivity contribution is -0.142. The molecule has 2 atom stereocenters. The molecule has 0 aromatic carbocycles. The Morgan fingerprint density at radius 3 is 2.71 bits per heavy atom. The Morgan fingerprint density at radius 2 is 2.10 bits per heavy atom. The second-order valence-corrected chi connectivity index (χ2v) is 7.49. The van der Waals surface area contributed by atoms with Crippen molar-refractivity contribution in [3.63, 3.8) is 0 Å². The minimum Gasteiger partial charge on any atom is -0.495 e. The quantitative estimate of drug-likeness (QED) is 0.791. The molecular formula is C14H18BrNO4S. The van der Waals surface area contributed by atoms with Crippen molar-refractivity contribution in [3.8, 4) is 5.75 Å². The van der Waals surface area contributed by atoms with Gasteiger partial charge in [0.15, 0.2) is 0 Å². The highest BCUT2D eigenvalue weighted by Gasteiger charge is 2.31. The molecule has 1 fully saturated rings. The first-order chi connectivity index (χ1) is 10.0. The van der Waals surface area contributed by atoms with Crippen molar-refractivity contribution in [2.75, 3.05) is 7.11 Å². The van der Waals surface area contributed by atoms with E-state index in [-0.39, 0.29) is 11.9 Å². The molecule has 1 aliphatic rings. The molecule has 1 aliphatic carbocycles. The average Bonchev–Trinajstić information content (AvgIpc) is 2.67. The largest absolute Gasteiger partial charge is 0.495 e. The fourth-order valence-corrected chi connectivity index (χ4v) is 4.17. The maximum atomic E-state index is 12.3. The van der Waals surface area contributed by atoms with E-state index in [1.54, 1.807) is 13.2 Å². The van der Waals surface area contributed by atoms with Crippen LogP contribution in [0.4, 0.5) is 0 Å². The van der Waals surface area contributed by atoms with Gasteiger partial charge in [-0.15, -0.1) is 11.3 Å². The highest BCUT2D eigenvalue weighted by atomic mass is 79.9. The minimum absolute atomic E-state index is 0.234. The number of rotatable bonds is 4. The van der Waals surface area contributed by atoms with E-state index >= 15 is 0 Å². The van der Waals surface area contributed by atoms with Crippen molar-refractivity contribution in [1.82, 2.24) is 5.32 Å². The Balaban J connectivity index is 2.10. The van der Waals surface area contributed by atoms with E-state index in [0.29, 0.717) is 23.5 Å². The zero-order valence-electron chi connectivity index (χ0n) is 11.7. The van der Waals surface area contributed by atoms with Crippen molar-refractivity contribution in [2.45, 2.75) is 38.1 Å². The molecule has 7 heteroatoms. The molecule has 1 heterocycles. The van der Waals surface area contributed by atoms with Crippen molar-refractivity contribution in [3.05, 3.63) is 14.7 Å². The number of hydrogen-bond donors (Lipinski definition) is 2. The summed E-state index contributed by atoms with van der Waals surface area (Å²) >= 11 is 4.62. The van der Waals surface area contributed by atoms with Crippen LogP contribution in [-0.4, -0.2) is 30.1 Å². The first-order valence-corrected chi connectivity index (χ1v) is 8.51. The van der Waals surface area contributed by atoms with Crippen LogP contribution in [0.15, 0.2) is 9.85 Å². The number of aliphatic carboxylic acids is 1. The molecular weight excluding hydrogens is 358 g/mol. The van der Waals surface area contributed by atoms with Gasteiger partial charge in [0.05, 0.1) is 17.9 Å². The zero-order chi connectivity index (χ0) is 15.4. The molecule has 1 aromatic heterocycles. The van der Waals surface area contributed by atoms with Crippen LogP contribution in [-0.2, 0) is 4.79 Å². The maximum Gasteiger partial charge on any atom is 0.308 e. The third kappa shape index (κ3) is 3.97. The first-order valence-electron chi connectivity index (χ1n) is 6.90. The summed E-state index contributed by atoms with van der Waals surface area (Å²) in [5.41, 5.74) is 0. The summed E-state index contributed by atoms with van der Waals surface area (Å²) in [7, 11) is 1.54. The first kappa shape index (κ1) is 16.3. The molecule has 0 spiro atoms. The number of halogens is 1. The molecule has 1 amide bonds. The molecule has 21 heavy (non-hydrogen) atoms. The number of thiophene rings is 1. The van der Waals surface area contributed by atoms with Crippen LogP contribution in [0.2, 0.25) is 0 Å². The number of carboxylic acid groups (broad SMARTS) is 1. The number of nitrogens with one attached hydrogen (secondary N) is 1. The number of hydrogen-bond acceptors (Lipinski definition) is 4. The number of carbonyl (C=O) groups is 2. The molecule has 2 N–H and O–H groups in total. The van der Waals surface area contributed by atoms with E-state index in [4.69, 9.17) is 4.74 Å². The second kappa shape index (κ2) is 7.26. The van der Waals surface area contributed by atoms with Crippen LogP contribution in [0, 0.1) is 5.92 Å². The zero-order valence-corrected chi connectivity index (χ0v) is 14.1. The Kier molecular flexibility index (Phi) is 5.64. The van der Waals surface area contributed by atoms with E-state index in [1.165, 1.54) is 11.3 Å². The van der Waals surface area contributed by atoms with Gasteiger partial charge in [0.1, 0.15) is 9.54 Å². The van der Waals surface area contributed by atoms with Gasteiger partial charge in [-0.05, 0) is 28.8 Å². The molecule has 1 saturated carbocycles. The predicted octanol–water partition coefficient (Wildman–Crippen LogP) is 3.28. The fourth-order valence-electron chi connectivity index (χ4n) is 2.62. The van der Waals surface area contributed by atoms with Crippen molar-refractivity contribution >= 4 is 39.1 Å². The molecule has 1 aromatic rings. The van der Waals surface area contributed by atoms with Gasteiger partial charge in [-0.3, -0.25) is 9.59 Å². The fraction of sp³-hybridized carbons (Fsp3) is 0.571. The lowest BCUT2D eigenvalue weighted by atomic mass is 9.95. The van der Waals surface area contributed by atoms with Crippen molar-refractivity contribution in [1.29, 1.82) is 0 Å². The number of amides is 1. The maximum absolute atomic E-state index is 12.3. The lowest BCUT2D eigenvalue weighted by Gasteiger charge is -2.22. The summed E-state index contributed by atoms with van der Waals surface area (Å²) in [6.07, 6.45) is 4.21. The molecule has 0 unspecified atom stereocenters. The Labute approximate surface area is 135 Å². The van der Waals surface area contributed by atoms with Crippen LogP contribution in [0.3, 0.4) is 0 Å². The monoisotopic (exact) mass is 375 g/mol. The summed E-state index contributed by atoms with van der Waals surface area (Å²) in [5, 5.41) is 12.2. The van der Waals surface area contributed by atoms with E-state index < -0.39 is 11.9 Å². The van der Waals surface area contributed by atoms with Crippen LogP contribution in [0.5, 0.6) is 5.75 Å². The number of ether oxygens (including phenoxy) is 1. The summed E-state index contributed by atoms with van der Waals surface area (Å²) in [6, 6.07) is 1.36. The summed E-state index contributed by atoms with van der Waals surface area (Å²) in [4.78, 5) is 24.2.